The Labute approximate surface area is 172 Å². The molecule has 0 spiro atoms. The van der Waals surface area contributed by atoms with Gasteiger partial charge in [0.05, 0.1) is 6.61 Å². The summed E-state index contributed by atoms with van der Waals surface area (Å²) in [5, 5.41) is 6.13. The normalized spacial score (nSPS) is 13.4. The van der Waals surface area contributed by atoms with Gasteiger partial charge in [0.15, 0.2) is 0 Å². The molecular formula is C22H31N5O2. The molecule has 1 amide bonds. The number of anilines is 2. The van der Waals surface area contributed by atoms with Crippen molar-refractivity contribution in [3.63, 3.8) is 0 Å². The van der Waals surface area contributed by atoms with E-state index in [2.05, 4.69) is 32.4 Å². The topological polar surface area (TPSA) is 79.4 Å². The molecule has 1 aliphatic rings. The van der Waals surface area contributed by atoms with E-state index in [0.29, 0.717) is 31.2 Å². The summed E-state index contributed by atoms with van der Waals surface area (Å²) in [6.45, 7) is 7.96. The Bertz CT molecular complexity index is 788. The summed E-state index contributed by atoms with van der Waals surface area (Å²) in [7, 11) is 0. The Morgan fingerprint density at radius 1 is 1.14 bits per heavy atom. The third-order valence-electron chi connectivity index (χ3n) is 4.85. The monoisotopic (exact) mass is 397 g/mol. The zero-order valence-electron chi connectivity index (χ0n) is 17.4. The van der Waals surface area contributed by atoms with Gasteiger partial charge in [0.1, 0.15) is 11.6 Å². The van der Waals surface area contributed by atoms with E-state index in [1.165, 1.54) is 12.8 Å². The first-order chi connectivity index (χ1) is 14.2. The number of hydrogen-bond acceptors (Lipinski definition) is 6. The molecule has 156 valence electrons. The van der Waals surface area contributed by atoms with Crippen molar-refractivity contribution < 1.29 is 9.53 Å². The zero-order chi connectivity index (χ0) is 20.5. The highest BCUT2D eigenvalue weighted by Gasteiger charge is 2.15. The van der Waals surface area contributed by atoms with E-state index in [0.717, 1.165) is 43.2 Å². The van der Waals surface area contributed by atoms with Gasteiger partial charge in [0, 0.05) is 43.5 Å². The average molecular weight is 398 g/mol. The van der Waals surface area contributed by atoms with Gasteiger partial charge < -0.3 is 20.3 Å². The number of nitrogens with zero attached hydrogens (tertiary/aromatic N) is 3. The van der Waals surface area contributed by atoms with Gasteiger partial charge in [-0.25, -0.2) is 4.98 Å². The second kappa shape index (κ2) is 10.6. The fourth-order valence-electron chi connectivity index (χ4n) is 3.23. The summed E-state index contributed by atoms with van der Waals surface area (Å²) in [5.74, 6) is 2.27. The summed E-state index contributed by atoms with van der Waals surface area (Å²) in [4.78, 5) is 23.6. The first-order valence-corrected chi connectivity index (χ1v) is 10.5. The Hall–Kier alpha value is -2.83. The van der Waals surface area contributed by atoms with E-state index in [1.807, 2.05) is 25.1 Å². The van der Waals surface area contributed by atoms with Crippen LogP contribution < -0.4 is 20.3 Å². The van der Waals surface area contributed by atoms with Crippen LogP contribution >= 0.6 is 0 Å². The SMILES string of the molecule is CCCCOc1ccc(C(=O)NCCNc2nc(C)cc(N3CCCC3)n2)cc1. The lowest BCUT2D eigenvalue weighted by Gasteiger charge is -2.17. The van der Waals surface area contributed by atoms with Crippen LogP contribution in [-0.4, -0.2) is 48.7 Å². The molecule has 0 aliphatic carbocycles. The van der Waals surface area contributed by atoms with Crippen LogP contribution in [0.3, 0.4) is 0 Å². The number of rotatable bonds is 10. The summed E-state index contributed by atoms with van der Waals surface area (Å²) < 4.78 is 5.63. The van der Waals surface area contributed by atoms with E-state index < -0.39 is 0 Å². The maximum Gasteiger partial charge on any atom is 0.251 e. The Kier molecular flexibility index (Phi) is 7.67. The van der Waals surface area contributed by atoms with Crippen molar-refractivity contribution in [1.29, 1.82) is 0 Å². The van der Waals surface area contributed by atoms with Crippen molar-refractivity contribution in [2.45, 2.75) is 39.5 Å². The number of hydrogen-bond donors (Lipinski definition) is 2. The minimum Gasteiger partial charge on any atom is -0.494 e. The highest BCUT2D eigenvalue weighted by atomic mass is 16.5. The highest BCUT2D eigenvalue weighted by molar-refractivity contribution is 5.94. The van der Waals surface area contributed by atoms with Crippen LogP contribution in [0.25, 0.3) is 0 Å². The van der Waals surface area contributed by atoms with E-state index in [1.54, 1.807) is 12.1 Å². The van der Waals surface area contributed by atoms with E-state index in [4.69, 9.17) is 4.74 Å². The van der Waals surface area contributed by atoms with Crippen molar-refractivity contribution >= 4 is 17.7 Å². The Balaban J connectivity index is 1.43. The van der Waals surface area contributed by atoms with E-state index in [9.17, 15) is 4.79 Å². The second-order valence-electron chi connectivity index (χ2n) is 7.29. The number of amides is 1. The molecule has 2 aromatic rings. The minimum absolute atomic E-state index is 0.102. The maximum absolute atomic E-state index is 12.3. The predicted octanol–water partition coefficient (Wildman–Crippen LogP) is 3.41. The number of carbonyl (C=O) groups is 1. The van der Waals surface area contributed by atoms with Crippen LogP contribution in [0.4, 0.5) is 11.8 Å². The van der Waals surface area contributed by atoms with Gasteiger partial charge in [0.2, 0.25) is 5.95 Å². The molecule has 1 aliphatic heterocycles. The quantitative estimate of drug-likeness (QED) is 0.598. The standard InChI is InChI=1S/C22H31N5O2/c1-3-4-15-29-19-9-7-18(8-10-19)21(28)23-11-12-24-22-25-17(2)16-20(26-22)27-13-5-6-14-27/h7-10,16H,3-6,11-15H2,1-2H3,(H,23,28)(H,24,25,26). The fourth-order valence-corrected chi connectivity index (χ4v) is 3.23. The van der Waals surface area contributed by atoms with Gasteiger partial charge in [-0.2, -0.15) is 4.98 Å². The first-order valence-electron chi connectivity index (χ1n) is 10.5. The van der Waals surface area contributed by atoms with Gasteiger partial charge in [-0.1, -0.05) is 13.3 Å². The van der Waals surface area contributed by atoms with E-state index in [-0.39, 0.29) is 5.91 Å². The number of ether oxygens (including phenoxy) is 1. The summed E-state index contributed by atoms with van der Waals surface area (Å²) in [6.07, 6.45) is 4.55. The highest BCUT2D eigenvalue weighted by Crippen LogP contribution is 2.19. The lowest BCUT2D eigenvalue weighted by atomic mass is 10.2. The fraction of sp³-hybridized carbons (Fsp3) is 0.500. The van der Waals surface area contributed by atoms with Gasteiger partial charge >= 0.3 is 0 Å². The molecular weight excluding hydrogens is 366 g/mol. The second-order valence-corrected chi connectivity index (χ2v) is 7.29. The molecule has 1 aromatic carbocycles. The largest absolute Gasteiger partial charge is 0.494 e. The molecule has 0 atom stereocenters. The molecule has 1 aromatic heterocycles. The number of carbonyl (C=O) groups excluding carboxylic acids is 1. The van der Waals surface area contributed by atoms with E-state index >= 15 is 0 Å². The molecule has 0 bridgehead atoms. The van der Waals surface area contributed by atoms with Gasteiger partial charge in [0.25, 0.3) is 5.91 Å². The molecule has 7 nitrogen and oxygen atoms in total. The number of benzene rings is 1. The lowest BCUT2D eigenvalue weighted by Crippen LogP contribution is -2.29. The van der Waals surface area contributed by atoms with Crippen LogP contribution in [0.2, 0.25) is 0 Å². The van der Waals surface area contributed by atoms with Crippen molar-refractivity contribution in [2.24, 2.45) is 0 Å². The molecule has 0 unspecified atom stereocenters. The third kappa shape index (κ3) is 6.34. The van der Waals surface area contributed by atoms with Crippen molar-refractivity contribution in [2.75, 3.05) is 43.0 Å². The van der Waals surface area contributed by atoms with Crippen LogP contribution in [0.5, 0.6) is 5.75 Å². The maximum atomic E-state index is 12.3. The Morgan fingerprint density at radius 3 is 2.62 bits per heavy atom. The average Bonchev–Trinajstić information content (AvgIpc) is 3.26. The third-order valence-corrected chi connectivity index (χ3v) is 4.85. The summed E-state index contributed by atoms with van der Waals surface area (Å²) >= 11 is 0. The zero-order valence-corrected chi connectivity index (χ0v) is 17.4. The van der Waals surface area contributed by atoms with Crippen LogP contribution in [0, 0.1) is 6.92 Å². The molecule has 29 heavy (non-hydrogen) atoms. The van der Waals surface area contributed by atoms with Crippen LogP contribution in [0.15, 0.2) is 30.3 Å². The first kappa shape index (κ1) is 20.9. The van der Waals surface area contributed by atoms with Crippen LogP contribution in [-0.2, 0) is 0 Å². The summed E-state index contributed by atoms with van der Waals surface area (Å²) in [6, 6.07) is 9.27. The van der Waals surface area contributed by atoms with Crippen LogP contribution in [0.1, 0.15) is 48.7 Å². The molecule has 0 radical (unpaired) electrons. The molecule has 7 heteroatoms. The number of aromatic nitrogens is 2. The van der Waals surface area contributed by atoms with Gasteiger partial charge in [-0.3, -0.25) is 4.79 Å². The molecule has 1 fully saturated rings. The minimum atomic E-state index is -0.102. The molecule has 3 rings (SSSR count). The molecule has 2 heterocycles. The number of nitrogens with one attached hydrogen (secondary N) is 2. The smallest absolute Gasteiger partial charge is 0.251 e. The van der Waals surface area contributed by atoms with Gasteiger partial charge in [-0.05, 0) is 50.5 Å². The molecule has 0 saturated carbocycles. The lowest BCUT2D eigenvalue weighted by molar-refractivity contribution is 0.0955. The number of unbranched alkanes of at least 4 members (excludes halogenated alkanes) is 1. The molecule has 1 saturated heterocycles. The van der Waals surface area contributed by atoms with Crippen molar-refractivity contribution in [3.8, 4) is 5.75 Å². The van der Waals surface area contributed by atoms with Gasteiger partial charge in [-0.15, -0.1) is 0 Å². The molecule has 2 N–H and O–H groups in total. The van der Waals surface area contributed by atoms with Crippen molar-refractivity contribution in [3.05, 3.63) is 41.6 Å². The predicted molar refractivity (Wildman–Crippen MR) is 116 cm³/mol. The number of aryl methyl sites for hydroxylation is 1. The van der Waals surface area contributed by atoms with Crippen molar-refractivity contribution in [1.82, 2.24) is 15.3 Å². The summed E-state index contributed by atoms with van der Waals surface area (Å²) in [5.41, 5.74) is 1.56. The Morgan fingerprint density at radius 2 is 1.90 bits per heavy atom.